The van der Waals surface area contributed by atoms with Crippen LogP contribution in [0.15, 0.2) is 24.6 Å². The molecule has 48 valence electrons. The Labute approximate surface area is 53.6 Å². The number of rotatable bonds is 0. The van der Waals surface area contributed by atoms with Gasteiger partial charge in [-0.1, -0.05) is 0 Å². The average molecular weight is 124 g/mol. The van der Waals surface area contributed by atoms with E-state index < -0.39 is 0 Å². The van der Waals surface area contributed by atoms with Crippen molar-refractivity contribution >= 4 is 5.91 Å². The second-order valence-electron chi connectivity index (χ2n) is 1.72. The summed E-state index contributed by atoms with van der Waals surface area (Å²) < 4.78 is 0. The highest BCUT2D eigenvalue weighted by atomic mass is 16.2. The molecule has 1 amide bonds. The molecule has 1 aliphatic heterocycles. The molecule has 0 radical (unpaired) electrons. The molecule has 0 bridgehead atoms. The summed E-state index contributed by atoms with van der Waals surface area (Å²) in [5.41, 5.74) is 2.73. The lowest BCUT2D eigenvalue weighted by Crippen LogP contribution is -2.34. The second-order valence-corrected chi connectivity index (χ2v) is 1.72. The van der Waals surface area contributed by atoms with E-state index in [0.29, 0.717) is 0 Å². The molecule has 1 rings (SSSR count). The van der Waals surface area contributed by atoms with E-state index in [1.165, 1.54) is 11.9 Å². The Morgan fingerprint density at radius 2 is 2.33 bits per heavy atom. The topological polar surface area (TPSA) is 32.3 Å². The molecular formula is C6H8N2O. The number of nitrogens with zero attached hydrogens (tertiary/aromatic N) is 1. The van der Waals surface area contributed by atoms with E-state index in [-0.39, 0.29) is 5.91 Å². The number of nitrogens with one attached hydrogen (secondary N) is 1. The fraction of sp³-hybridized carbons (Fsp3) is 0.167. The van der Waals surface area contributed by atoms with Gasteiger partial charge in [0.1, 0.15) is 0 Å². The molecule has 0 aromatic carbocycles. The second kappa shape index (κ2) is 2.35. The lowest BCUT2D eigenvalue weighted by atomic mass is 10.5. The summed E-state index contributed by atoms with van der Waals surface area (Å²) >= 11 is 0. The van der Waals surface area contributed by atoms with E-state index in [4.69, 9.17) is 0 Å². The zero-order valence-electron chi connectivity index (χ0n) is 5.16. The highest BCUT2D eigenvalue weighted by Crippen LogP contribution is 1.91. The van der Waals surface area contributed by atoms with Crippen LogP contribution in [0.3, 0.4) is 0 Å². The van der Waals surface area contributed by atoms with Gasteiger partial charge in [0.05, 0.1) is 0 Å². The fourth-order valence-electron chi connectivity index (χ4n) is 0.554. The van der Waals surface area contributed by atoms with Gasteiger partial charge < -0.3 is 0 Å². The van der Waals surface area contributed by atoms with Crippen LogP contribution in [0.2, 0.25) is 0 Å². The SMILES string of the molecule is CC(=O)N1C=CC=CN1. The zero-order chi connectivity index (χ0) is 6.69. The first-order chi connectivity index (χ1) is 4.30. The zero-order valence-corrected chi connectivity index (χ0v) is 5.16. The molecule has 1 heterocycles. The Hall–Kier alpha value is -1.25. The van der Waals surface area contributed by atoms with E-state index >= 15 is 0 Å². The molecule has 0 unspecified atom stereocenters. The molecule has 3 heteroatoms. The van der Waals surface area contributed by atoms with Crippen LogP contribution in [0.1, 0.15) is 6.92 Å². The maximum atomic E-state index is 10.6. The Bertz CT molecular complexity index is 172. The number of allylic oxidation sites excluding steroid dienone is 2. The van der Waals surface area contributed by atoms with Gasteiger partial charge in [-0.15, -0.1) is 0 Å². The van der Waals surface area contributed by atoms with Gasteiger partial charge in [-0.2, -0.15) is 0 Å². The first-order valence-electron chi connectivity index (χ1n) is 2.70. The van der Waals surface area contributed by atoms with Gasteiger partial charge in [0.15, 0.2) is 0 Å². The summed E-state index contributed by atoms with van der Waals surface area (Å²) in [6.07, 6.45) is 6.97. The Morgan fingerprint density at radius 3 is 2.67 bits per heavy atom. The van der Waals surface area contributed by atoms with Crippen LogP contribution in [0.5, 0.6) is 0 Å². The smallest absolute Gasteiger partial charge is 0.241 e. The van der Waals surface area contributed by atoms with E-state index in [1.807, 2.05) is 6.08 Å². The van der Waals surface area contributed by atoms with Gasteiger partial charge in [0.25, 0.3) is 0 Å². The average Bonchev–Trinajstić information content (AvgIpc) is 1.90. The minimum Gasteiger partial charge on any atom is -0.299 e. The lowest BCUT2D eigenvalue weighted by Gasteiger charge is -2.17. The van der Waals surface area contributed by atoms with E-state index in [1.54, 1.807) is 18.5 Å². The van der Waals surface area contributed by atoms with Crippen LogP contribution in [-0.2, 0) is 4.79 Å². The van der Waals surface area contributed by atoms with Crippen LogP contribution < -0.4 is 5.43 Å². The Morgan fingerprint density at radius 1 is 1.56 bits per heavy atom. The van der Waals surface area contributed by atoms with E-state index in [2.05, 4.69) is 5.43 Å². The van der Waals surface area contributed by atoms with Crippen molar-refractivity contribution in [2.75, 3.05) is 0 Å². The predicted molar refractivity (Wildman–Crippen MR) is 33.9 cm³/mol. The summed E-state index contributed by atoms with van der Waals surface area (Å²) in [6.45, 7) is 1.50. The summed E-state index contributed by atoms with van der Waals surface area (Å²) in [6, 6.07) is 0. The van der Waals surface area contributed by atoms with Crippen molar-refractivity contribution in [1.82, 2.24) is 10.4 Å². The molecule has 1 aliphatic rings. The van der Waals surface area contributed by atoms with Crippen LogP contribution in [0.4, 0.5) is 0 Å². The maximum Gasteiger partial charge on any atom is 0.241 e. The van der Waals surface area contributed by atoms with E-state index in [9.17, 15) is 4.79 Å². The number of hydrogen-bond acceptors (Lipinski definition) is 2. The molecule has 0 saturated carbocycles. The van der Waals surface area contributed by atoms with Crippen LogP contribution in [0, 0.1) is 0 Å². The number of amides is 1. The van der Waals surface area contributed by atoms with E-state index in [0.717, 1.165) is 0 Å². The van der Waals surface area contributed by atoms with Gasteiger partial charge in [-0.05, 0) is 12.2 Å². The molecule has 0 fully saturated rings. The predicted octanol–water partition coefficient (Wildman–Crippen LogP) is 0.381. The number of carbonyl (C=O) groups excluding carboxylic acids is 1. The van der Waals surface area contributed by atoms with Gasteiger partial charge in [-0.3, -0.25) is 10.2 Å². The Balaban J connectivity index is 2.56. The van der Waals surface area contributed by atoms with Crippen molar-refractivity contribution < 1.29 is 4.79 Å². The monoisotopic (exact) mass is 124 g/mol. The van der Waals surface area contributed by atoms with Crippen LogP contribution in [-0.4, -0.2) is 10.9 Å². The minimum absolute atomic E-state index is 0.0180. The number of hydrogen-bond donors (Lipinski definition) is 1. The molecule has 0 spiro atoms. The molecular weight excluding hydrogens is 116 g/mol. The van der Waals surface area contributed by atoms with Crippen molar-refractivity contribution in [2.45, 2.75) is 6.92 Å². The molecule has 0 aliphatic carbocycles. The quantitative estimate of drug-likeness (QED) is 0.506. The van der Waals surface area contributed by atoms with Crippen molar-refractivity contribution in [2.24, 2.45) is 0 Å². The number of hydrazine groups is 1. The standard InChI is InChI=1S/C6H8N2O/c1-6(9)8-5-3-2-4-7-8/h2-5,7H,1H3. The molecule has 0 aromatic rings. The minimum atomic E-state index is -0.0180. The molecule has 1 N–H and O–H groups in total. The van der Waals surface area contributed by atoms with Crippen LogP contribution >= 0.6 is 0 Å². The highest BCUT2D eigenvalue weighted by Gasteiger charge is 2.01. The molecule has 0 atom stereocenters. The normalized spacial score (nSPS) is 15.4. The van der Waals surface area contributed by atoms with Gasteiger partial charge in [-0.25, -0.2) is 5.01 Å². The maximum absolute atomic E-state index is 10.6. The van der Waals surface area contributed by atoms with Gasteiger partial charge in [0, 0.05) is 19.3 Å². The first kappa shape index (κ1) is 5.88. The summed E-state index contributed by atoms with van der Waals surface area (Å²) in [5.74, 6) is -0.0180. The lowest BCUT2D eigenvalue weighted by molar-refractivity contribution is -0.128. The highest BCUT2D eigenvalue weighted by molar-refractivity contribution is 5.74. The third kappa shape index (κ3) is 1.32. The molecule has 0 aromatic heterocycles. The van der Waals surface area contributed by atoms with Crippen LogP contribution in [0.25, 0.3) is 0 Å². The molecule has 9 heavy (non-hydrogen) atoms. The van der Waals surface area contributed by atoms with Crippen molar-refractivity contribution in [3.63, 3.8) is 0 Å². The third-order valence-electron chi connectivity index (χ3n) is 0.995. The third-order valence-corrected chi connectivity index (χ3v) is 0.995. The molecule has 3 nitrogen and oxygen atoms in total. The summed E-state index contributed by atoms with van der Waals surface area (Å²) in [7, 11) is 0. The first-order valence-corrected chi connectivity index (χ1v) is 2.70. The van der Waals surface area contributed by atoms with Gasteiger partial charge in [0.2, 0.25) is 5.91 Å². The Kier molecular flexibility index (Phi) is 1.53. The fourth-order valence-corrected chi connectivity index (χ4v) is 0.554. The molecule has 0 saturated heterocycles. The summed E-state index contributed by atoms with van der Waals surface area (Å²) in [4.78, 5) is 10.6. The number of carbonyl (C=O) groups is 1. The van der Waals surface area contributed by atoms with Crippen molar-refractivity contribution in [3.8, 4) is 0 Å². The van der Waals surface area contributed by atoms with Gasteiger partial charge >= 0.3 is 0 Å². The van der Waals surface area contributed by atoms with Crippen molar-refractivity contribution in [3.05, 3.63) is 24.6 Å². The van der Waals surface area contributed by atoms with Crippen molar-refractivity contribution in [1.29, 1.82) is 0 Å². The summed E-state index contributed by atoms with van der Waals surface area (Å²) in [5, 5.41) is 1.40. The largest absolute Gasteiger partial charge is 0.299 e.